The van der Waals surface area contributed by atoms with Gasteiger partial charge in [0.1, 0.15) is 17.5 Å². The Hall–Kier alpha value is -2.38. The lowest BCUT2D eigenvalue weighted by Gasteiger charge is -2.21. The van der Waals surface area contributed by atoms with Crippen molar-refractivity contribution < 1.29 is 23.1 Å². The number of hydrogen-bond acceptors (Lipinski definition) is 4. The number of carboxylic acid groups (broad SMARTS) is 1. The third kappa shape index (κ3) is 3.06. The summed E-state index contributed by atoms with van der Waals surface area (Å²) in [6.07, 6.45) is 0.559. The van der Waals surface area contributed by atoms with Gasteiger partial charge in [0.15, 0.2) is 0 Å². The topological polar surface area (TPSA) is 92.7 Å². The third-order valence-corrected chi connectivity index (χ3v) is 5.16. The van der Waals surface area contributed by atoms with Gasteiger partial charge in [-0.05, 0) is 36.8 Å². The molecule has 0 aromatic heterocycles. The minimum Gasteiger partial charge on any atom is -0.480 e. The molecule has 120 valence electrons. The van der Waals surface area contributed by atoms with Crippen LogP contribution < -0.4 is 9.46 Å². The summed E-state index contributed by atoms with van der Waals surface area (Å²) in [6, 6.07) is 10.9. The van der Waals surface area contributed by atoms with Crippen LogP contribution in [0.5, 0.6) is 11.5 Å². The van der Waals surface area contributed by atoms with Crippen molar-refractivity contribution in [2.24, 2.45) is 0 Å². The number of hydrogen-bond donors (Lipinski definition) is 2. The molecular weight excluding hydrogens is 318 g/mol. The van der Waals surface area contributed by atoms with Crippen molar-refractivity contribution in [1.82, 2.24) is 4.72 Å². The van der Waals surface area contributed by atoms with E-state index in [4.69, 9.17) is 9.84 Å². The highest BCUT2D eigenvalue weighted by Crippen LogP contribution is 2.37. The normalized spacial score (nSPS) is 14.3. The van der Waals surface area contributed by atoms with Crippen LogP contribution in [0, 0.1) is 0 Å². The highest BCUT2D eigenvalue weighted by molar-refractivity contribution is 7.89. The number of carboxylic acids is 1. The van der Waals surface area contributed by atoms with Crippen molar-refractivity contribution in [2.45, 2.75) is 24.3 Å². The predicted octanol–water partition coefficient (Wildman–Crippen LogP) is 2.13. The summed E-state index contributed by atoms with van der Waals surface area (Å²) in [5.74, 6) is 0.131. The number of sulfonamides is 1. The van der Waals surface area contributed by atoms with Crippen molar-refractivity contribution in [1.29, 1.82) is 0 Å². The first kappa shape index (κ1) is 15.5. The van der Waals surface area contributed by atoms with Gasteiger partial charge in [-0.15, -0.1) is 0 Å². The van der Waals surface area contributed by atoms with Crippen LogP contribution >= 0.6 is 0 Å². The van der Waals surface area contributed by atoms with E-state index in [2.05, 4.69) is 4.72 Å². The Morgan fingerprint density at radius 3 is 2.61 bits per heavy atom. The lowest BCUT2D eigenvalue weighted by molar-refractivity contribution is -0.138. The number of nitrogens with one attached hydrogen (secondary N) is 1. The van der Waals surface area contributed by atoms with Gasteiger partial charge in [0, 0.05) is 12.0 Å². The number of para-hydroxylation sites is 1. The number of ether oxygens (including phenoxy) is 1. The van der Waals surface area contributed by atoms with Gasteiger partial charge in [-0.25, -0.2) is 8.42 Å². The van der Waals surface area contributed by atoms with E-state index in [-0.39, 0.29) is 4.90 Å². The lowest BCUT2D eigenvalue weighted by atomic mass is 10.0. The summed E-state index contributed by atoms with van der Waals surface area (Å²) in [4.78, 5) is 10.9. The summed E-state index contributed by atoms with van der Waals surface area (Å²) in [5.41, 5.74) is 1.72. The SMILES string of the molecule is C[C@H](NS(=O)(=O)c1ccc2c(c1)Cc1ccccc1O2)C(=O)O. The Morgan fingerprint density at radius 2 is 1.87 bits per heavy atom. The highest BCUT2D eigenvalue weighted by Gasteiger charge is 2.24. The molecule has 0 unspecified atom stereocenters. The van der Waals surface area contributed by atoms with Crippen molar-refractivity contribution in [3.05, 3.63) is 53.6 Å². The molecule has 6 nitrogen and oxygen atoms in total. The molecule has 23 heavy (non-hydrogen) atoms. The van der Waals surface area contributed by atoms with Gasteiger partial charge in [0.05, 0.1) is 4.90 Å². The van der Waals surface area contributed by atoms with Gasteiger partial charge in [-0.1, -0.05) is 18.2 Å². The van der Waals surface area contributed by atoms with Crippen LogP contribution in [-0.4, -0.2) is 25.5 Å². The van der Waals surface area contributed by atoms with Crippen molar-refractivity contribution in [3.8, 4) is 11.5 Å². The van der Waals surface area contributed by atoms with Crippen molar-refractivity contribution in [2.75, 3.05) is 0 Å². The summed E-state index contributed by atoms with van der Waals surface area (Å²) < 4.78 is 32.4. The lowest BCUT2D eigenvalue weighted by Crippen LogP contribution is -2.38. The second-order valence-electron chi connectivity index (χ2n) is 5.34. The van der Waals surface area contributed by atoms with E-state index in [1.807, 2.05) is 24.3 Å². The van der Waals surface area contributed by atoms with Crippen molar-refractivity contribution in [3.63, 3.8) is 0 Å². The molecule has 1 aliphatic rings. The van der Waals surface area contributed by atoms with Crippen LogP contribution in [0.3, 0.4) is 0 Å². The van der Waals surface area contributed by atoms with E-state index in [0.717, 1.165) is 16.9 Å². The first-order chi connectivity index (χ1) is 10.9. The molecule has 2 N–H and O–H groups in total. The summed E-state index contributed by atoms with van der Waals surface area (Å²) >= 11 is 0. The minimum absolute atomic E-state index is 0.0207. The Labute approximate surface area is 133 Å². The molecule has 1 atom stereocenters. The van der Waals surface area contributed by atoms with Gasteiger partial charge in [0.25, 0.3) is 0 Å². The second-order valence-corrected chi connectivity index (χ2v) is 7.05. The maximum absolute atomic E-state index is 12.3. The molecule has 7 heteroatoms. The largest absolute Gasteiger partial charge is 0.480 e. The van der Waals surface area contributed by atoms with Gasteiger partial charge < -0.3 is 9.84 Å². The van der Waals surface area contributed by atoms with E-state index in [1.165, 1.54) is 19.1 Å². The average Bonchev–Trinajstić information content (AvgIpc) is 2.51. The minimum atomic E-state index is -3.90. The van der Waals surface area contributed by atoms with Crippen LogP contribution in [0.4, 0.5) is 0 Å². The molecular formula is C16H15NO5S. The number of carbonyl (C=O) groups is 1. The summed E-state index contributed by atoms with van der Waals surface area (Å²) in [7, 11) is -3.90. The predicted molar refractivity (Wildman–Crippen MR) is 83.2 cm³/mol. The molecule has 2 aromatic rings. The highest BCUT2D eigenvalue weighted by atomic mass is 32.2. The van der Waals surface area contributed by atoms with E-state index < -0.39 is 22.0 Å². The Bertz CT molecular complexity index is 876. The molecule has 1 heterocycles. The number of rotatable bonds is 4. The molecule has 0 aliphatic carbocycles. The number of benzene rings is 2. The fourth-order valence-corrected chi connectivity index (χ4v) is 3.63. The second kappa shape index (κ2) is 5.68. The smallest absolute Gasteiger partial charge is 0.321 e. The fourth-order valence-electron chi connectivity index (χ4n) is 2.38. The molecule has 1 aliphatic heterocycles. The van der Waals surface area contributed by atoms with Gasteiger partial charge in [-0.3, -0.25) is 4.79 Å². The molecule has 0 amide bonds. The Balaban J connectivity index is 1.92. The number of aliphatic carboxylic acids is 1. The third-order valence-electron chi connectivity index (χ3n) is 3.62. The van der Waals surface area contributed by atoms with Crippen LogP contribution in [0.15, 0.2) is 47.4 Å². The van der Waals surface area contributed by atoms with Crippen LogP contribution in [-0.2, 0) is 21.2 Å². The summed E-state index contributed by atoms with van der Waals surface area (Å²) in [6.45, 7) is 1.28. The van der Waals surface area contributed by atoms with Gasteiger partial charge in [0.2, 0.25) is 10.0 Å². The molecule has 3 rings (SSSR count). The Morgan fingerprint density at radius 1 is 1.17 bits per heavy atom. The standard InChI is InChI=1S/C16H15NO5S/c1-10(16(18)19)17-23(20,21)13-6-7-15-12(9-13)8-11-4-2-3-5-14(11)22-15/h2-7,9-10,17H,8H2,1H3,(H,18,19)/t10-/m0/s1. The zero-order valence-corrected chi connectivity index (χ0v) is 13.1. The zero-order valence-electron chi connectivity index (χ0n) is 12.3. The van der Waals surface area contributed by atoms with Crippen molar-refractivity contribution >= 4 is 16.0 Å². The molecule has 0 spiro atoms. The van der Waals surface area contributed by atoms with Crippen LogP contribution in [0.25, 0.3) is 0 Å². The number of fused-ring (bicyclic) bond motifs is 2. The fraction of sp³-hybridized carbons (Fsp3) is 0.188. The first-order valence-electron chi connectivity index (χ1n) is 7.00. The maximum atomic E-state index is 12.3. The molecule has 0 bridgehead atoms. The summed E-state index contributed by atoms with van der Waals surface area (Å²) in [5, 5.41) is 8.85. The van der Waals surface area contributed by atoms with E-state index in [0.29, 0.717) is 12.2 Å². The quantitative estimate of drug-likeness (QED) is 0.763. The monoisotopic (exact) mass is 333 g/mol. The van der Waals surface area contributed by atoms with E-state index in [9.17, 15) is 13.2 Å². The molecule has 0 saturated carbocycles. The Kier molecular flexibility index (Phi) is 3.83. The zero-order chi connectivity index (χ0) is 16.6. The van der Waals surface area contributed by atoms with Gasteiger partial charge >= 0.3 is 5.97 Å². The maximum Gasteiger partial charge on any atom is 0.321 e. The van der Waals surface area contributed by atoms with E-state index in [1.54, 1.807) is 6.07 Å². The molecule has 0 saturated heterocycles. The van der Waals surface area contributed by atoms with E-state index >= 15 is 0 Å². The van der Waals surface area contributed by atoms with Crippen LogP contribution in [0.2, 0.25) is 0 Å². The van der Waals surface area contributed by atoms with Gasteiger partial charge in [-0.2, -0.15) is 4.72 Å². The first-order valence-corrected chi connectivity index (χ1v) is 8.49. The average molecular weight is 333 g/mol. The molecule has 0 fully saturated rings. The molecule has 0 radical (unpaired) electrons. The van der Waals surface area contributed by atoms with Crippen LogP contribution in [0.1, 0.15) is 18.1 Å². The molecule has 2 aromatic carbocycles.